The van der Waals surface area contributed by atoms with Gasteiger partial charge in [-0.25, -0.2) is 0 Å². The van der Waals surface area contributed by atoms with Gasteiger partial charge in [0.25, 0.3) is 0 Å². The third-order valence-corrected chi connectivity index (χ3v) is 2.19. The minimum atomic E-state index is -0.887. The number of benzene rings is 1. The molecule has 0 radical (unpaired) electrons. The first-order valence-corrected chi connectivity index (χ1v) is 6.53. The van der Waals surface area contributed by atoms with Crippen LogP contribution in [0.3, 0.4) is 0 Å². The number of Topliss-reactive ketones (excluding diaryl/α,β-unsaturated/α-hetero) is 1. The van der Waals surface area contributed by atoms with E-state index in [1.54, 1.807) is 12.1 Å². The van der Waals surface area contributed by atoms with Crippen molar-refractivity contribution in [3.63, 3.8) is 0 Å². The van der Waals surface area contributed by atoms with Gasteiger partial charge in [-0.2, -0.15) is 0 Å². The summed E-state index contributed by atoms with van der Waals surface area (Å²) in [6.07, 6.45) is -0.887. The molecule has 3 heteroatoms. The summed E-state index contributed by atoms with van der Waals surface area (Å²) in [5.41, 5.74) is -0.290. The second-order valence-corrected chi connectivity index (χ2v) is 6.52. The summed E-state index contributed by atoms with van der Waals surface area (Å²) in [6, 6.07) is 9.08. The van der Waals surface area contributed by atoms with Crippen LogP contribution in [0.4, 0.5) is 0 Å². The molecule has 1 rings (SSSR count). The third kappa shape index (κ3) is 5.99. The molecule has 0 atom stereocenters. The van der Waals surface area contributed by atoms with E-state index in [0.717, 1.165) is 0 Å². The van der Waals surface area contributed by atoms with Crippen molar-refractivity contribution in [1.29, 1.82) is 0 Å². The predicted molar refractivity (Wildman–Crippen MR) is 76.2 cm³/mol. The van der Waals surface area contributed by atoms with Crippen LogP contribution >= 0.6 is 0 Å². The van der Waals surface area contributed by atoms with E-state index in [9.17, 15) is 4.79 Å². The van der Waals surface area contributed by atoms with Gasteiger partial charge >= 0.3 is 0 Å². The quantitative estimate of drug-likeness (QED) is 0.612. The van der Waals surface area contributed by atoms with Crippen molar-refractivity contribution >= 4 is 5.78 Å². The maximum Gasteiger partial charge on any atom is 0.223 e. The second-order valence-electron chi connectivity index (χ2n) is 6.52. The lowest BCUT2D eigenvalue weighted by atomic mass is 10.1. The molecule has 0 spiro atoms. The predicted octanol–water partition coefficient (Wildman–Crippen LogP) is 3.83. The van der Waals surface area contributed by atoms with Gasteiger partial charge in [0.1, 0.15) is 0 Å². The van der Waals surface area contributed by atoms with Crippen molar-refractivity contribution in [2.75, 3.05) is 0 Å². The van der Waals surface area contributed by atoms with Crippen LogP contribution in [0, 0.1) is 0 Å². The molecule has 0 fully saturated rings. The number of hydrogen-bond acceptors (Lipinski definition) is 3. The Bertz CT molecular complexity index is 394. The molecule has 0 saturated carbocycles. The van der Waals surface area contributed by atoms with E-state index in [4.69, 9.17) is 9.47 Å². The molecule has 1 aromatic rings. The van der Waals surface area contributed by atoms with Gasteiger partial charge in [-0.1, -0.05) is 30.3 Å². The Hall–Kier alpha value is -1.19. The highest BCUT2D eigenvalue weighted by Crippen LogP contribution is 2.20. The largest absolute Gasteiger partial charge is 0.340 e. The molecular formula is C16H24O3. The first kappa shape index (κ1) is 15.9. The number of rotatable bonds is 4. The Morgan fingerprint density at radius 2 is 1.32 bits per heavy atom. The molecule has 0 bridgehead atoms. The van der Waals surface area contributed by atoms with Gasteiger partial charge in [-0.05, 0) is 41.5 Å². The fourth-order valence-electron chi connectivity index (χ4n) is 1.51. The minimum Gasteiger partial charge on any atom is -0.340 e. The molecule has 0 aliphatic carbocycles. The summed E-state index contributed by atoms with van der Waals surface area (Å²) < 4.78 is 11.5. The van der Waals surface area contributed by atoms with Gasteiger partial charge in [0.15, 0.2) is 0 Å². The Morgan fingerprint density at radius 1 is 0.895 bits per heavy atom. The van der Waals surface area contributed by atoms with Crippen LogP contribution in [0.25, 0.3) is 0 Å². The normalized spacial score (nSPS) is 12.8. The zero-order chi connectivity index (χ0) is 14.7. The van der Waals surface area contributed by atoms with E-state index in [-0.39, 0.29) is 5.78 Å². The van der Waals surface area contributed by atoms with E-state index < -0.39 is 17.5 Å². The molecular weight excluding hydrogens is 240 g/mol. The summed E-state index contributed by atoms with van der Waals surface area (Å²) in [5.74, 6) is -0.148. The molecule has 0 saturated heterocycles. The monoisotopic (exact) mass is 264 g/mol. The van der Waals surface area contributed by atoms with Crippen molar-refractivity contribution in [1.82, 2.24) is 0 Å². The van der Waals surface area contributed by atoms with Crippen LogP contribution in [-0.2, 0) is 9.47 Å². The number of carbonyl (C=O) groups excluding carboxylic acids is 1. The Balaban J connectivity index is 2.93. The fourth-order valence-corrected chi connectivity index (χ4v) is 1.51. The van der Waals surface area contributed by atoms with Crippen molar-refractivity contribution in [2.24, 2.45) is 0 Å². The van der Waals surface area contributed by atoms with Crippen molar-refractivity contribution in [3.05, 3.63) is 35.9 Å². The van der Waals surface area contributed by atoms with Crippen LogP contribution < -0.4 is 0 Å². The summed E-state index contributed by atoms with van der Waals surface area (Å²) in [6.45, 7) is 11.4. The molecule has 19 heavy (non-hydrogen) atoms. The first-order valence-electron chi connectivity index (χ1n) is 6.53. The SMILES string of the molecule is CC(C)(C)OC(OC(C)(C)C)C(=O)c1ccccc1. The summed E-state index contributed by atoms with van der Waals surface area (Å²) in [7, 11) is 0. The molecule has 106 valence electrons. The summed E-state index contributed by atoms with van der Waals surface area (Å²) >= 11 is 0. The van der Waals surface area contributed by atoms with Crippen LogP contribution in [-0.4, -0.2) is 23.3 Å². The maximum absolute atomic E-state index is 12.5. The van der Waals surface area contributed by atoms with E-state index in [0.29, 0.717) is 5.56 Å². The fraction of sp³-hybridized carbons (Fsp3) is 0.562. The Morgan fingerprint density at radius 3 is 1.68 bits per heavy atom. The van der Waals surface area contributed by atoms with Gasteiger partial charge in [0.05, 0.1) is 11.2 Å². The standard InChI is InChI=1S/C16H24O3/c1-15(2,3)18-14(19-16(4,5)6)13(17)12-10-8-7-9-11-12/h7-11,14H,1-6H3. The Kier molecular flexibility index (Phi) is 4.88. The van der Waals surface area contributed by atoms with Crippen LogP contribution in [0.15, 0.2) is 30.3 Å². The minimum absolute atomic E-state index is 0.148. The average molecular weight is 264 g/mol. The molecule has 0 N–H and O–H groups in total. The highest BCUT2D eigenvalue weighted by molar-refractivity contribution is 5.98. The topological polar surface area (TPSA) is 35.5 Å². The van der Waals surface area contributed by atoms with Gasteiger partial charge in [0, 0.05) is 5.56 Å². The molecule has 0 unspecified atom stereocenters. The van der Waals surface area contributed by atoms with Crippen molar-refractivity contribution in [2.45, 2.75) is 59.0 Å². The van der Waals surface area contributed by atoms with Gasteiger partial charge in [-0.15, -0.1) is 0 Å². The molecule has 0 amide bonds. The van der Waals surface area contributed by atoms with Gasteiger partial charge in [0.2, 0.25) is 12.1 Å². The highest BCUT2D eigenvalue weighted by Gasteiger charge is 2.30. The van der Waals surface area contributed by atoms with Crippen molar-refractivity contribution < 1.29 is 14.3 Å². The molecule has 1 aromatic carbocycles. The summed E-state index contributed by atoms with van der Waals surface area (Å²) in [4.78, 5) is 12.5. The third-order valence-electron chi connectivity index (χ3n) is 2.19. The summed E-state index contributed by atoms with van der Waals surface area (Å²) in [5, 5.41) is 0. The maximum atomic E-state index is 12.5. The highest BCUT2D eigenvalue weighted by atomic mass is 16.7. The number of ketones is 1. The number of carbonyl (C=O) groups is 1. The van der Waals surface area contributed by atoms with Gasteiger partial charge in [-0.3, -0.25) is 4.79 Å². The van der Waals surface area contributed by atoms with Gasteiger partial charge < -0.3 is 9.47 Å². The molecule has 0 aliphatic rings. The van der Waals surface area contributed by atoms with Crippen LogP contribution in [0.5, 0.6) is 0 Å². The van der Waals surface area contributed by atoms with E-state index in [1.807, 2.05) is 59.7 Å². The average Bonchev–Trinajstić information content (AvgIpc) is 2.24. The van der Waals surface area contributed by atoms with E-state index >= 15 is 0 Å². The van der Waals surface area contributed by atoms with Crippen LogP contribution in [0.1, 0.15) is 51.9 Å². The molecule has 0 heterocycles. The molecule has 3 nitrogen and oxygen atoms in total. The lowest BCUT2D eigenvalue weighted by Gasteiger charge is -2.31. The van der Waals surface area contributed by atoms with E-state index in [2.05, 4.69) is 0 Å². The van der Waals surface area contributed by atoms with Crippen molar-refractivity contribution in [3.8, 4) is 0 Å². The van der Waals surface area contributed by atoms with E-state index in [1.165, 1.54) is 0 Å². The second kappa shape index (κ2) is 5.85. The Labute approximate surface area is 115 Å². The zero-order valence-corrected chi connectivity index (χ0v) is 12.7. The smallest absolute Gasteiger partial charge is 0.223 e. The number of ether oxygens (including phenoxy) is 2. The molecule has 0 aliphatic heterocycles. The van der Waals surface area contributed by atoms with Crippen LogP contribution in [0.2, 0.25) is 0 Å². The number of hydrogen-bond donors (Lipinski definition) is 0. The lowest BCUT2D eigenvalue weighted by Crippen LogP contribution is -2.40. The molecule has 0 aromatic heterocycles. The lowest BCUT2D eigenvalue weighted by molar-refractivity contribution is -0.207. The zero-order valence-electron chi connectivity index (χ0n) is 12.7. The first-order chi connectivity index (χ1) is 8.58.